The van der Waals surface area contributed by atoms with E-state index < -0.39 is 12.0 Å². The summed E-state index contributed by atoms with van der Waals surface area (Å²) in [5.41, 5.74) is 3.05. The molecule has 7 heteroatoms. The van der Waals surface area contributed by atoms with Crippen LogP contribution in [0.15, 0.2) is 73.1 Å². The van der Waals surface area contributed by atoms with E-state index in [9.17, 15) is 9.59 Å². The van der Waals surface area contributed by atoms with Gasteiger partial charge in [0.15, 0.2) is 0 Å². The Morgan fingerprint density at radius 2 is 1.88 bits per heavy atom. The number of esters is 1. The van der Waals surface area contributed by atoms with Crippen LogP contribution in [0, 0.1) is 0 Å². The Hall–Kier alpha value is -3.32. The average Bonchev–Trinajstić information content (AvgIpc) is 2.87. The molecule has 1 heterocycles. The maximum absolute atomic E-state index is 13.2. The molecule has 0 aliphatic heterocycles. The van der Waals surface area contributed by atoms with Crippen molar-refractivity contribution in [2.75, 3.05) is 12.9 Å². The lowest BCUT2D eigenvalue weighted by atomic mass is 9.96. The zero-order chi connectivity index (χ0) is 23.5. The first kappa shape index (κ1) is 24.3. The highest BCUT2D eigenvalue weighted by Gasteiger charge is 2.23. The molecular formula is C26H28N2O4S. The minimum atomic E-state index is -0.709. The van der Waals surface area contributed by atoms with E-state index in [0.29, 0.717) is 24.3 Å². The van der Waals surface area contributed by atoms with Gasteiger partial charge in [0.1, 0.15) is 18.4 Å². The van der Waals surface area contributed by atoms with Gasteiger partial charge in [-0.05, 0) is 66.0 Å². The molecule has 6 nitrogen and oxygen atoms in total. The molecule has 0 spiro atoms. The summed E-state index contributed by atoms with van der Waals surface area (Å²) >= 11 is 4.21. The van der Waals surface area contributed by atoms with Crippen molar-refractivity contribution in [3.8, 4) is 16.9 Å². The van der Waals surface area contributed by atoms with E-state index in [4.69, 9.17) is 9.47 Å². The maximum Gasteiger partial charge on any atom is 0.328 e. The molecule has 1 aromatic heterocycles. The van der Waals surface area contributed by atoms with E-state index in [0.717, 1.165) is 35.3 Å². The fraction of sp³-hybridized carbons (Fsp3) is 0.269. The zero-order valence-corrected chi connectivity index (χ0v) is 19.5. The Balaban J connectivity index is 1.84. The molecule has 172 valence electrons. The second-order valence-corrected chi connectivity index (χ2v) is 7.94. The van der Waals surface area contributed by atoms with E-state index in [1.807, 2.05) is 54.6 Å². The number of benzene rings is 2. The highest BCUT2D eigenvalue weighted by molar-refractivity contribution is 7.80. The molecule has 0 radical (unpaired) electrons. The highest BCUT2D eigenvalue weighted by Crippen LogP contribution is 2.26. The quantitative estimate of drug-likeness (QED) is 0.244. The minimum Gasteiger partial charge on any atom is -0.487 e. The molecule has 0 bridgehead atoms. The summed E-state index contributed by atoms with van der Waals surface area (Å²) in [7, 11) is 1.33. The molecular weight excluding hydrogens is 436 g/mol. The molecule has 0 aliphatic rings. The van der Waals surface area contributed by atoms with Crippen molar-refractivity contribution >= 4 is 24.5 Å². The lowest BCUT2D eigenvalue weighted by Gasteiger charge is -2.18. The van der Waals surface area contributed by atoms with Crippen LogP contribution in [-0.4, -0.2) is 35.8 Å². The minimum absolute atomic E-state index is 0.324. The summed E-state index contributed by atoms with van der Waals surface area (Å²) in [5.74, 6) is 0.616. The number of nitrogens with one attached hydrogen (secondary N) is 1. The van der Waals surface area contributed by atoms with Crippen LogP contribution in [0.4, 0.5) is 0 Å². The summed E-state index contributed by atoms with van der Waals surface area (Å²) in [5, 5.41) is 2.85. The summed E-state index contributed by atoms with van der Waals surface area (Å²) < 4.78 is 10.7. The summed E-state index contributed by atoms with van der Waals surface area (Å²) in [6.07, 6.45) is 5.46. The third kappa shape index (κ3) is 7.08. The molecule has 0 aliphatic carbocycles. The standard InChI is InChI=1S/C26H28N2O4S/c1-31-26(30)24(11-5-6-15-33)28-25(29)22-13-12-19(18-32-21-10-7-14-27-17-21)16-23(22)20-8-3-2-4-9-20/h2-4,7-10,12-14,16-17,24,33H,5-6,11,15,18H2,1H3,(H,28,29). The van der Waals surface area contributed by atoms with Crippen molar-refractivity contribution in [1.82, 2.24) is 10.3 Å². The number of carbonyl (C=O) groups is 2. The van der Waals surface area contributed by atoms with Gasteiger partial charge in [0, 0.05) is 11.8 Å². The first-order valence-electron chi connectivity index (χ1n) is 10.8. The monoisotopic (exact) mass is 464 g/mol. The number of hydrogen-bond donors (Lipinski definition) is 2. The Morgan fingerprint density at radius 1 is 1.06 bits per heavy atom. The molecule has 1 unspecified atom stereocenters. The van der Waals surface area contributed by atoms with Crippen molar-refractivity contribution in [2.24, 2.45) is 0 Å². The number of aromatic nitrogens is 1. The fourth-order valence-electron chi connectivity index (χ4n) is 3.42. The van der Waals surface area contributed by atoms with Crippen molar-refractivity contribution < 1.29 is 19.1 Å². The van der Waals surface area contributed by atoms with E-state index in [2.05, 4.69) is 22.9 Å². The van der Waals surface area contributed by atoms with Gasteiger partial charge in [-0.1, -0.05) is 36.4 Å². The topological polar surface area (TPSA) is 77.5 Å². The van der Waals surface area contributed by atoms with Crippen molar-refractivity contribution in [3.63, 3.8) is 0 Å². The predicted molar refractivity (Wildman–Crippen MR) is 131 cm³/mol. The second kappa shape index (κ2) is 12.6. The normalized spacial score (nSPS) is 11.5. The molecule has 3 rings (SSSR count). The molecule has 1 amide bonds. The van der Waals surface area contributed by atoms with Gasteiger partial charge in [0.25, 0.3) is 5.91 Å². The Kier molecular flexibility index (Phi) is 9.32. The first-order valence-corrected chi connectivity index (χ1v) is 11.5. The van der Waals surface area contributed by atoms with Crippen LogP contribution in [0.5, 0.6) is 5.75 Å². The maximum atomic E-state index is 13.2. The number of carbonyl (C=O) groups excluding carboxylic acids is 2. The highest BCUT2D eigenvalue weighted by atomic mass is 32.1. The number of thiol groups is 1. The number of ether oxygens (including phenoxy) is 2. The Bertz CT molecular complexity index is 1040. The van der Waals surface area contributed by atoms with E-state index in [1.54, 1.807) is 18.5 Å². The van der Waals surface area contributed by atoms with E-state index in [1.165, 1.54) is 7.11 Å². The number of hydrogen-bond acceptors (Lipinski definition) is 6. The molecule has 33 heavy (non-hydrogen) atoms. The van der Waals surface area contributed by atoms with Crippen LogP contribution >= 0.6 is 12.6 Å². The van der Waals surface area contributed by atoms with Crippen LogP contribution in [0.2, 0.25) is 0 Å². The van der Waals surface area contributed by atoms with Crippen LogP contribution in [0.3, 0.4) is 0 Å². The van der Waals surface area contributed by atoms with E-state index in [-0.39, 0.29) is 5.91 Å². The largest absolute Gasteiger partial charge is 0.487 e. The van der Waals surface area contributed by atoms with Gasteiger partial charge in [0.2, 0.25) is 0 Å². The van der Waals surface area contributed by atoms with Gasteiger partial charge in [-0.3, -0.25) is 9.78 Å². The third-order valence-electron chi connectivity index (χ3n) is 5.15. The molecule has 2 aromatic carbocycles. The molecule has 1 atom stereocenters. The smallest absolute Gasteiger partial charge is 0.328 e. The van der Waals surface area contributed by atoms with Gasteiger partial charge in [0.05, 0.1) is 13.3 Å². The number of amides is 1. The Morgan fingerprint density at radius 3 is 2.58 bits per heavy atom. The predicted octanol–water partition coefficient (Wildman–Crippen LogP) is 4.70. The van der Waals surface area contributed by atoms with Crippen LogP contribution in [-0.2, 0) is 16.1 Å². The second-order valence-electron chi connectivity index (χ2n) is 7.49. The van der Waals surface area contributed by atoms with Gasteiger partial charge in [-0.2, -0.15) is 12.6 Å². The SMILES string of the molecule is COC(=O)C(CCCCS)NC(=O)c1ccc(COc2cccnc2)cc1-c1ccccc1. The van der Waals surface area contributed by atoms with E-state index >= 15 is 0 Å². The Labute approximate surface area is 199 Å². The number of nitrogens with zero attached hydrogens (tertiary/aromatic N) is 1. The van der Waals surface area contributed by atoms with Crippen LogP contribution in [0.25, 0.3) is 11.1 Å². The third-order valence-corrected chi connectivity index (χ3v) is 5.46. The number of methoxy groups -OCH3 is 1. The van der Waals surface area contributed by atoms with Gasteiger partial charge in [-0.25, -0.2) is 4.79 Å². The molecule has 0 saturated carbocycles. The first-order chi connectivity index (χ1) is 16.1. The number of rotatable bonds is 11. The van der Waals surface area contributed by atoms with Crippen LogP contribution < -0.4 is 10.1 Å². The summed E-state index contributed by atoms with van der Waals surface area (Å²) in [6.45, 7) is 0.335. The molecule has 1 N–H and O–H groups in total. The zero-order valence-electron chi connectivity index (χ0n) is 18.6. The van der Waals surface area contributed by atoms with Crippen molar-refractivity contribution in [2.45, 2.75) is 31.9 Å². The average molecular weight is 465 g/mol. The summed E-state index contributed by atoms with van der Waals surface area (Å²) in [6, 6.07) is 18.2. The van der Waals surface area contributed by atoms with Crippen LogP contribution in [0.1, 0.15) is 35.2 Å². The number of pyridine rings is 1. The number of unbranched alkanes of at least 4 members (excludes halogenated alkanes) is 1. The van der Waals surface area contributed by atoms with Crippen molar-refractivity contribution in [1.29, 1.82) is 0 Å². The molecule has 3 aromatic rings. The lowest BCUT2D eigenvalue weighted by Crippen LogP contribution is -2.41. The molecule has 0 fully saturated rings. The summed E-state index contributed by atoms with van der Waals surface area (Å²) in [4.78, 5) is 29.5. The van der Waals surface area contributed by atoms with Crippen molar-refractivity contribution in [3.05, 3.63) is 84.2 Å². The fourth-order valence-corrected chi connectivity index (χ4v) is 3.65. The molecule has 0 saturated heterocycles. The lowest BCUT2D eigenvalue weighted by molar-refractivity contribution is -0.143. The van der Waals surface area contributed by atoms with Gasteiger partial charge in [-0.15, -0.1) is 0 Å². The van der Waals surface area contributed by atoms with Gasteiger partial charge < -0.3 is 14.8 Å². The van der Waals surface area contributed by atoms with Gasteiger partial charge >= 0.3 is 5.97 Å².